The minimum absolute atomic E-state index is 0.302. The van der Waals surface area contributed by atoms with Crippen molar-refractivity contribution in [1.82, 2.24) is 9.88 Å². The number of nitrogens with one attached hydrogen (secondary N) is 2. The maximum atomic E-state index is 12.3. The lowest BCUT2D eigenvalue weighted by Crippen LogP contribution is -2.39. The summed E-state index contributed by atoms with van der Waals surface area (Å²) in [6.45, 7) is 5.26. The van der Waals surface area contributed by atoms with Crippen molar-refractivity contribution >= 4 is 17.3 Å². The van der Waals surface area contributed by atoms with Crippen LogP contribution in [-0.2, 0) is 4.74 Å². The lowest BCUT2D eigenvalue weighted by Gasteiger charge is -2.26. The second-order valence-electron chi connectivity index (χ2n) is 5.92. The minimum Gasteiger partial charge on any atom is -0.383 e. The van der Waals surface area contributed by atoms with Gasteiger partial charge in [-0.15, -0.1) is 0 Å². The molecule has 134 valence electrons. The van der Waals surface area contributed by atoms with E-state index in [1.54, 1.807) is 36.5 Å². The Balaban J connectivity index is 1.52. The molecule has 1 aromatic carbocycles. The van der Waals surface area contributed by atoms with E-state index < -0.39 is 0 Å². The quantitative estimate of drug-likeness (QED) is 0.827. The number of benzene rings is 1. The molecule has 1 aliphatic heterocycles. The molecule has 0 unspecified atom stereocenters. The summed E-state index contributed by atoms with van der Waals surface area (Å²) in [7, 11) is 0. The summed E-state index contributed by atoms with van der Waals surface area (Å²) in [4.78, 5) is 18.8. The standard InChI is InChI=1S/C19H21N5O2/c20-13-15-3-1-2-4-17(15)23-19(25)18-6-5-16(14-22-18)21-7-8-24-9-11-26-12-10-24/h1-6,14,21H,7-12H2,(H,23,25). The van der Waals surface area contributed by atoms with Gasteiger partial charge in [0.1, 0.15) is 11.8 Å². The van der Waals surface area contributed by atoms with Crippen molar-refractivity contribution in [3.8, 4) is 6.07 Å². The first kappa shape index (κ1) is 17.9. The maximum absolute atomic E-state index is 12.3. The first-order chi connectivity index (χ1) is 12.8. The molecule has 1 fully saturated rings. The number of ether oxygens (including phenoxy) is 1. The van der Waals surface area contributed by atoms with Crippen LogP contribution in [0.3, 0.4) is 0 Å². The fourth-order valence-electron chi connectivity index (χ4n) is 2.69. The number of carbonyl (C=O) groups excluding carboxylic acids is 1. The highest BCUT2D eigenvalue weighted by molar-refractivity contribution is 6.03. The predicted octanol–water partition coefficient (Wildman–Crippen LogP) is 1.95. The fraction of sp³-hybridized carbons (Fsp3) is 0.316. The Bertz CT molecular complexity index is 779. The number of pyridine rings is 1. The number of aromatic nitrogens is 1. The average Bonchev–Trinajstić information content (AvgIpc) is 2.70. The Morgan fingerprint density at radius 2 is 2.04 bits per heavy atom. The fourth-order valence-corrected chi connectivity index (χ4v) is 2.69. The van der Waals surface area contributed by atoms with Gasteiger partial charge in [-0.05, 0) is 24.3 Å². The number of morpholine rings is 1. The molecule has 2 aromatic rings. The van der Waals surface area contributed by atoms with Gasteiger partial charge in [-0.25, -0.2) is 4.98 Å². The number of carbonyl (C=O) groups is 1. The maximum Gasteiger partial charge on any atom is 0.274 e. The Hall–Kier alpha value is -2.95. The Labute approximate surface area is 152 Å². The highest BCUT2D eigenvalue weighted by atomic mass is 16.5. The third-order valence-corrected chi connectivity index (χ3v) is 4.15. The van der Waals surface area contributed by atoms with Crippen LogP contribution < -0.4 is 10.6 Å². The summed E-state index contributed by atoms with van der Waals surface area (Å²) in [5.41, 5.74) is 2.07. The molecule has 1 aromatic heterocycles. The van der Waals surface area contributed by atoms with Crippen LogP contribution in [0.4, 0.5) is 11.4 Å². The molecule has 3 rings (SSSR count). The van der Waals surface area contributed by atoms with Crippen LogP contribution in [0.15, 0.2) is 42.6 Å². The van der Waals surface area contributed by atoms with E-state index in [4.69, 9.17) is 10.00 Å². The monoisotopic (exact) mass is 351 g/mol. The van der Waals surface area contributed by atoms with Gasteiger partial charge in [0.2, 0.25) is 0 Å². The molecule has 2 N–H and O–H groups in total. The van der Waals surface area contributed by atoms with Crippen LogP contribution >= 0.6 is 0 Å². The number of nitrogens with zero attached hydrogens (tertiary/aromatic N) is 3. The number of hydrogen-bond acceptors (Lipinski definition) is 6. The molecule has 26 heavy (non-hydrogen) atoms. The van der Waals surface area contributed by atoms with Gasteiger partial charge in [0.05, 0.1) is 36.3 Å². The van der Waals surface area contributed by atoms with Crippen molar-refractivity contribution in [1.29, 1.82) is 5.26 Å². The molecule has 0 atom stereocenters. The molecule has 2 heterocycles. The molecule has 0 radical (unpaired) electrons. The number of para-hydroxylation sites is 1. The van der Waals surface area contributed by atoms with Gasteiger partial charge < -0.3 is 15.4 Å². The Kier molecular flexibility index (Phi) is 6.14. The molecule has 1 amide bonds. The van der Waals surface area contributed by atoms with E-state index in [2.05, 4.69) is 26.6 Å². The van der Waals surface area contributed by atoms with Crippen LogP contribution in [0.25, 0.3) is 0 Å². The predicted molar refractivity (Wildman–Crippen MR) is 99.1 cm³/mol. The highest BCUT2D eigenvalue weighted by Crippen LogP contribution is 2.15. The van der Waals surface area contributed by atoms with Crippen molar-refractivity contribution in [3.63, 3.8) is 0 Å². The van der Waals surface area contributed by atoms with Gasteiger partial charge in [0.25, 0.3) is 5.91 Å². The molecular formula is C19H21N5O2. The molecular weight excluding hydrogens is 330 g/mol. The summed E-state index contributed by atoms with van der Waals surface area (Å²) in [6, 6.07) is 12.4. The molecule has 7 nitrogen and oxygen atoms in total. The second kappa shape index (κ2) is 8.94. The zero-order valence-electron chi connectivity index (χ0n) is 14.4. The summed E-state index contributed by atoms with van der Waals surface area (Å²) in [5.74, 6) is -0.340. The largest absolute Gasteiger partial charge is 0.383 e. The number of nitriles is 1. The van der Waals surface area contributed by atoms with Gasteiger partial charge in [-0.1, -0.05) is 12.1 Å². The van der Waals surface area contributed by atoms with Crippen LogP contribution in [0.2, 0.25) is 0 Å². The van der Waals surface area contributed by atoms with Crippen molar-refractivity contribution < 1.29 is 9.53 Å². The van der Waals surface area contributed by atoms with Crippen molar-refractivity contribution in [2.75, 3.05) is 50.0 Å². The molecule has 0 bridgehead atoms. The first-order valence-corrected chi connectivity index (χ1v) is 8.57. The van der Waals surface area contributed by atoms with E-state index in [1.807, 2.05) is 6.07 Å². The summed E-state index contributed by atoms with van der Waals surface area (Å²) in [5, 5.41) is 15.1. The zero-order chi connectivity index (χ0) is 18.2. The van der Waals surface area contributed by atoms with Gasteiger partial charge in [0.15, 0.2) is 0 Å². The zero-order valence-corrected chi connectivity index (χ0v) is 14.4. The van der Waals surface area contributed by atoms with Gasteiger partial charge >= 0.3 is 0 Å². The molecule has 1 aliphatic rings. The molecule has 1 saturated heterocycles. The third kappa shape index (κ3) is 4.79. The average molecular weight is 351 g/mol. The molecule has 0 spiro atoms. The molecule has 0 saturated carbocycles. The van der Waals surface area contributed by atoms with E-state index in [0.717, 1.165) is 45.1 Å². The lowest BCUT2D eigenvalue weighted by atomic mass is 10.2. The summed E-state index contributed by atoms with van der Waals surface area (Å²) >= 11 is 0. The number of anilines is 2. The minimum atomic E-state index is -0.340. The van der Waals surface area contributed by atoms with E-state index in [-0.39, 0.29) is 5.91 Å². The number of rotatable bonds is 6. The first-order valence-electron chi connectivity index (χ1n) is 8.57. The Morgan fingerprint density at radius 1 is 1.23 bits per heavy atom. The van der Waals surface area contributed by atoms with Crippen molar-refractivity contribution in [2.45, 2.75) is 0 Å². The van der Waals surface area contributed by atoms with Gasteiger partial charge in [-0.3, -0.25) is 9.69 Å². The molecule has 0 aliphatic carbocycles. The van der Waals surface area contributed by atoms with Gasteiger partial charge in [-0.2, -0.15) is 5.26 Å². The molecule has 7 heteroatoms. The summed E-state index contributed by atoms with van der Waals surface area (Å²) in [6.07, 6.45) is 1.64. The Morgan fingerprint density at radius 3 is 2.77 bits per heavy atom. The second-order valence-corrected chi connectivity index (χ2v) is 5.92. The van der Waals surface area contributed by atoms with E-state index in [0.29, 0.717) is 16.9 Å². The summed E-state index contributed by atoms with van der Waals surface area (Å²) < 4.78 is 5.33. The van der Waals surface area contributed by atoms with Crippen LogP contribution in [0.1, 0.15) is 16.1 Å². The van der Waals surface area contributed by atoms with E-state index >= 15 is 0 Å². The topological polar surface area (TPSA) is 90.3 Å². The smallest absolute Gasteiger partial charge is 0.274 e. The van der Waals surface area contributed by atoms with Crippen LogP contribution in [-0.4, -0.2) is 55.2 Å². The number of hydrogen-bond donors (Lipinski definition) is 2. The van der Waals surface area contributed by atoms with Gasteiger partial charge in [0, 0.05) is 26.2 Å². The van der Waals surface area contributed by atoms with Crippen molar-refractivity contribution in [2.24, 2.45) is 0 Å². The normalized spacial score (nSPS) is 14.4. The lowest BCUT2D eigenvalue weighted by molar-refractivity contribution is 0.0398. The SMILES string of the molecule is N#Cc1ccccc1NC(=O)c1ccc(NCCN2CCOCC2)cn1. The third-order valence-electron chi connectivity index (χ3n) is 4.15. The van der Waals surface area contributed by atoms with Crippen molar-refractivity contribution in [3.05, 3.63) is 53.9 Å². The van der Waals surface area contributed by atoms with E-state index in [9.17, 15) is 4.79 Å². The van der Waals surface area contributed by atoms with Crippen LogP contribution in [0, 0.1) is 11.3 Å². The van der Waals surface area contributed by atoms with Crippen LogP contribution in [0.5, 0.6) is 0 Å². The van der Waals surface area contributed by atoms with E-state index in [1.165, 1.54) is 0 Å². The highest BCUT2D eigenvalue weighted by Gasteiger charge is 2.11. The number of amides is 1.